The monoisotopic (exact) mass is 337 g/mol. The van der Waals surface area contributed by atoms with E-state index in [4.69, 9.17) is 4.74 Å². The molecule has 130 valence electrons. The van der Waals surface area contributed by atoms with E-state index in [1.165, 1.54) is 19.4 Å². The largest absolute Gasteiger partial charge is 0.492 e. The molecule has 1 aliphatic heterocycles. The highest BCUT2D eigenvalue weighted by Gasteiger charge is 2.38. The summed E-state index contributed by atoms with van der Waals surface area (Å²) >= 11 is 0. The SMILES string of the molecule is O=C(NCc1cccc(OCC2CN2CC2CC2)c1)c1ccncc1. The van der Waals surface area contributed by atoms with Crippen LogP contribution in [0.1, 0.15) is 28.8 Å². The van der Waals surface area contributed by atoms with Gasteiger partial charge in [0.15, 0.2) is 0 Å². The number of rotatable bonds is 8. The zero-order valence-corrected chi connectivity index (χ0v) is 14.2. The quantitative estimate of drug-likeness (QED) is 0.752. The maximum absolute atomic E-state index is 12.1. The van der Waals surface area contributed by atoms with Crippen molar-refractivity contribution in [3.63, 3.8) is 0 Å². The lowest BCUT2D eigenvalue weighted by molar-refractivity contribution is 0.0950. The van der Waals surface area contributed by atoms with Crippen LogP contribution in [0.4, 0.5) is 0 Å². The summed E-state index contributed by atoms with van der Waals surface area (Å²) in [6.45, 7) is 3.64. The second kappa shape index (κ2) is 7.23. The third-order valence-electron chi connectivity index (χ3n) is 4.75. The summed E-state index contributed by atoms with van der Waals surface area (Å²) in [7, 11) is 0. The molecule has 4 rings (SSSR count). The van der Waals surface area contributed by atoms with Gasteiger partial charge in [0.1, 0.15) is 12.4 Å². The summed E-state index contributed by atoms with van der Waals surface area (Å²) in [5.74, 6) is 1.72. The van der Waals surface area contributed by atoms with E-state index in [0.29, 0.717) is 18.2 Å². The minimum atomic E-state index is -0.0950. The Kier molecular flexibility index (Phi) is 4.65. The Balaban J connectivity index is 1.24. The highest BCUT2D eigenvalue weighted by Crippen LogP contribution is 2.33. The fourth-order valence-corrected chi connectivity index (χ4v) is 2.96. The lowest BCUT2D eigenvalue weighted by Crippen LogP contribution is -2.22. The molecule has 1 aromatic heterocycles. The van der Waals surface area contributed by atoms with E-state index in [2.05, 4.69) is 15.2 Å². The summed E-state index contributed by atoms with van der Waals surface area (Å²) in [5, 5.41) is 2.92. The van der Waals surface area contributed by atoms with Crippen molar-refractivity contribution in [1.82, 2.24) is 15.2 Å². The normalized spacial score (nSPS) is 21.6. The number of carbonyl (C=O) groups is 1. The Bertz CT molecular complexity index is 731. The lowest BCUT2D eigenvalue weighted by atomic mass is 10.2. The first-order chi connectivity index (χ1) is 12.3. The molecule has 2 fully saturated rings. The van der Waals surface area contributed by atoms with Gasteiger partial charge in [0, 0.05) is 37.6 Å². The molecular weight excluding hydrogens is 314 g/mol. The van der Waals surface area contributed by atoms with Gasteiger partial charge in [-0.25, -0.2) is 0 Å². The van der Waals surface area contributed by atoms with Crippen LogP contribution in [0.3, 0.4) is 0 Å². The molecule has 1 aromatic carbocycles. The maximum atomic E-state index is 12.1. The zero-order valence-electron chi connectivity index (χ0n) is 14.2. The van der Waals surface area contributed by atoms with E-state index >= 15 is 0 Å². The Hall–Kier alpha value is -2.40. The number of benzene rings is 1. The number of hydrogen-bond donors (Lipinski definition) is 1. The number of hydrogen-bond acceptors (Lipinski definition) is 4. The molecule has 2 atom stereocenters. The van der Waals surface area contributed by atoms with Crippen LogP contribution in [0.25, 0.3) is 0 Å². The molecule has 0 radical (unpaired) electrons. The number of nitrogens with one attached hydrogen (secondary N) is 1. The van der Waals surface area contributed by atoms with Crippen molar-refractivity contribution in [2.45, 2.75) is 25.4 Å². The molecule has 1 saturated carbocycles. The van der Waals surface area contributed by atoms with Crippen LogP contribution in [0.2, 0.25) is 0 Å². The van der Waals surface area contributed by atoms with Crippen molar-refractivity contribution in [3.05, 3.63) is 59.9 Å². The van der Waals surface area contributed by atoms with Crippen molar-refractivity contribution < 1.29 is 9.53 Å². The number of amides is 1. The van der Waals surface area contributed by atoms with Gasteiger partial charge in [-0.2, -0.15) is 0 Å². The van der Waals surface area contributed by atoms with E-state index in [1.807, 2.05) is 24.3 Å². The summed E-state index contributed by atoms with van der Waals surface area (Å²) in [4.78, 5) is 18.5. The predicted molar refractivity (Wildman–Crippen MR) is 95.4 cm³/mol. The summed E-state index contributed by atoms with van der Waals surface area (Å²) < 4.78 is 5.93. The predicted octanol–water partition coefficient (Wildman–Crippen LogP) is 2.48. The number of nitrogens with zero attached hydrogens (tertiary/aromatic N) is 2. The van der Waals surface area contributed by atoms with Crippen molar-refractivity contribution >= 4 is 5.91 Å². The number of carbonyl (C=O) groups excluding carboxylic acids is 1. The molecule has 0 spiro atoms. The second-order valence-corrected chi connectivity index (χ2v) is 6.93. The van der Waals surface area contributed by atoms with Crippen LogP contribution in [0.5, 0.6) is 5.75 Å². The average Bonchev–Trinajstić information content (AvgIpc) is 3.58. The molecule has 5 heteroatoms. The highest BCUT2D eigenvalue weighted by molar-refractivity contribution is 5.93. The molecule has 2 aromatic rings. The van der Waals surface area contributed by atoms with Gasteiger partial charge in [-0.1, -0.05) is 12.1 Å². The van der Waals surface area contributed by atoms with Gasteiger partial charge in [0.25, 0.3) is 5.91 Å². The molecular formula is C20H23N3O2. The summed E-state index contributed by atoms with van der Waals surface area (Å²) in [6, 6.07) is 11.9. The number of pyridine rings is 1. The smallest absolute Gasteiger partial charge is 0.251 e. The van der Waals surface area contributed by atoms with Crippen LogP contribution in [0, 0.1) is 5.92 Å². The van der Waals surface area contributed by atoms with Crippen LogP contribution in [0.15, 0.2) is 48.8 Å². The Labute approximate surface area is 148 Å². The molecule has 2 aliphatic rings. The van der Waals surface area contributed by atoms with Gasteiger partial charge in [0.2, 0.25) is 0 Å². The van der Waals surface area contributed by atoms with E-state index in [0.717, 1.165) is 30.4 Å². The molecule has 1 amide bonds. The van der Waals surface area contributed by atoms with Gasteiger partial charge in [0.05, 0.1) is 6.04 Å². The van der Waals surface area contributed by atoms with E-state index in [9.17, 15) is 4.79 Å². The number of aromatic nitrogens is 1. The van der Waals surface area contributed by atoms with Gasteiger partial charge >= 0.3 is 0 Å². The first-order valence-electron chi connectivity index (χ1n) is 8.92. The van der Waals surface area contributed by atoms with Gasteiger partial charge < -0.3 is 10.1 Å². The fourth-order valence-electron chi connectivity index (χ4n) is 2.96. The standard InChI is InChI=1S/C20H23N3O2/c24-20(17-6-8-21-9-7-17)22-11-16-2-1-3-19(10-16)25-14-18-13-23(18)12-15-4-5-15/h1-3,6-10,15,18H,4-5,11-14H2,(H,22,24). The first-order valence-corrected chi connectivity index (χ1v) is 8.92. The second-order valence-electron chi connectivity index (χ2n) is 6.93. The molecule has 2 unspecified atom stereocenters. The summed E-state index contributed by atoms with van der Waals surface area (Å²) in [6.07, 6.45) is 6.04. The molecule has 0 bridgehead atoms. The Morgan fingerprint density at radius 3 is 2.88 bits per heavy atom. The van der Waals surface area contributed by atoms with Crippen molar-refractivity contribution in [2.75, 3.05) is 19.7 Å². The molecule has 25 heavy (non-hydrogen) atoms. The average molecular weight is 337 g/mol. The Morgan fingerprint density at radius 1 is 1.24 bits per heavy atom. The topological polar surface area (TPSA) is 54.2 Å². The van der Waals surface area contributed by atoms with Gasteiger partial charge in [-0.3, -0.25) is 14.7 Å². The van der Waals surface area contributed by atoms with E-state index in [1.54, 1.807) is 24.5 Å². The summed E-state index contributed by atoms with van der Waals surface area (Å²) in [5.41, 5.74) is 1.65. The molecule has 1 saturated heterocycles. The number of ether oxygens (including phenoxy) is 1. The van der Waals surface area contributed by atoms with Crippen LogP contribution < -0.4 is 10.1 Å². The minimum absolute atomic E-state index is 0.0950. The van der Waals surface area contributed by atoms with Gasteiger partial charge in [-0.15, -0.1) is 0 Å². The van der Waals surface area contributed by atoms with Crippen LogP contribution in [-0.4, -0.2) is 41.5 Å². The maximum Gasteiger partial charge on any atom is 0.251 e. The zero-order chi connectivity index (χ0) is 17.1. The molecule has 5 nitrogen and oxygen atoms in total. The molecule has 2 heterocycles. The fraction of sp³-hybridized carbons (Fsp3) is 0.400. The third-order valence-corrected chi connectivity index (χ3v) is 4.75. The molecule has 1 aliphatic carbocycles. The van der Waals surface area contributed by atoms with Crippen molar-refractivity contribution in [2.24, 2.45) is 5.92 Å². The van der Waals surface area contributed by atoms with Crippen molar-refractivity contribution in [1.29, 1.82) is 0 Å². The lowest BCUT2D eigenvalue weighted by Gasteiger charge is -2.09. The van der Waals surface area contributed by atoms with Crippen LogP contribution >= 0.6 is 0 Å². The highest BCUT2D eigenvalue weighted by atomic mass is 16.5. The molecule has 1 N–H and O–H groups in total. The van der Waals surface area contributed by atoms with E-state index in [-0.39, 0.29) is 5.91 Å². The van der Waals surface area contributed by atoms with Gasteiger partial charge in [-0.05, 0) is 48.6 Å². The van der Waals surface area contributed by atoms with E-state index < -0.39 is 0 Å². The van der Waals surface area contributed by atoms with Crippen molar-refractivity contribution in [3.8, 4) is 5.75 Å². The first kappa shape index (κ1) is 16.1. The Morgan fingerprint density at radius 2 is 2.08 bits per heavy atom. The third kappa shape index (κ3) is 4.57. The van der Waals surface area contributed by atoms with Crippen LogP contribution in [-0.2, 0) is 6.54 Å². The minimum Gasteiger partial charge on any atom is -0.492 e.